The lowest BCUT2D eigenvalue weighted by Gasteiger charge is -2.31. The van der Waals surface area contributed by atoms with E-state index in [1.807, 2.05) is 0 Å². The van der Waals surface area contributed by atoms with Crippen LogP contribution in [0.5, 0.6) is 0 Å². The quantitative estimate of drug-likeness (QED) is 0.170. The number of anilines is 5. The number of rotatable bonds is 6. The average Bonchev–Trinajstić information content (AvgIpc) is 3.80. The van der Waals surface area contributed by atoms with Crippen molar-refractivity contribution in [2.45, 2.75) is 6.42 Å². The van der Waals surface area contributed by atoms with Crippen LogP contribution in [0.4, 0.5) is 28.4 Å². The van der Waals surface area contributed by atoms with Crippen molar-refractivity contribution in [3.8, 4) is 0 Å². The standard InChI is InChI=1S/C54H36N2O2/c1-5-13-41(14-6-1)55(42-15-7-2-8-16-42)45-23-21-35-27-47-49-29-39-30-50-48-28-36-22-24-46(56(43-17-9-3-10-18-43)44-19-11-4-12-20-44)26-38(36)32-52(48)58-54(50)34-40(39)33-53(49)57-51(47)31-37(35)25-45/h1-31,33-34,38H,32H2. The number of furan rings is 2. The molecule has 2 aliphatic carbocycles. The molecule has 1 atom stereocenters. The van der Waals surface area contributed by atoms with E-state index >= 15 is 0 Å². The Balaban J connectivity index is 0.911. The molecule has 0 aliphatic heterocycles. The van der Waals surface area contributed by atoms with Crippen LogP contribution < -0.4 is 9.80 Å². The number of fused-ring (bicyclic) bond motifs is 9. The van der Waals surface area contributed by atoms with Crippen LogP contribution in [0.2, 0.25) is 0 Å². The van der Waals surface area contributed by atoms with Crippen LogP contribution in [-0.2, 0) is 6.42 Å². The molecule has 0 spiro atoms. The van der Waals surface area contributed by atoms with Gasteiger partial charge in [-0.3, -0.25) is 0 Å². The molecule has 12 rings (SSSR count). The lowest BCUT2D eigenvalue weighted by molar-refractivity contribution is 0.520. The third-order valence-corrected chi connectivity index (χ3v) is 11.8. The van der Waals surface area contributed by atoms with Crippen molar-refractivity contribution in [2.24, 2.45) is 5.92 Å². The second-order valence-corrected chi connectivity index (χ2v) is 15.4. The molecular formula is C54H36N2O2. The molecule has 0 fully saturated rings. The highest BCUT2D eigenvalue weighted by Gasteiger charge is 2.28. The molecule has 0 amide bonds. The Hall–Kier alpha value is -7.56. The van der Waals surface area contributed by atoms with E-state index in [0.717, 1.165) is 90.0 Å². The van der Waals surface area contributed by atoms with Crippen LogP contribution in [0, 0.1) is 5.92 Å². The van der Waals surface area contributed by atoms with Gasteiger partial charge >= 0.3 is 0 Å². The highest BCUT2D eigenvalue weighted by molar-refractivity contribution is 6.15. The number of para-hydroxylation sites is 4. The molecule has 4 nitrogen and oxygen atoms in total. The molecule has 10 aromatic rings. The van der Waals surface area contributed by atoms with E-state index in [0.29, 0.717) is 0 Å². The van der Waals surface area contributed by atoms with Gasteiger partial charge in [0.2, 0.25) is 0 Å². The fourth-order valence-electron chi connectivity index (χ4n) is 9.08. The van der Waals surface area contributed by atoms with Crippen LogP contribution in [0.15, 0.2) is 214 Å². The summed E-state index contributed by atoms with van der Waals surface area (Å²) in [5.74, 6) is 1.26. The average molecular weight is 745 g/mol. The smallest absolute Gasteiger partial charge is 0.136 e. The van der Waals surface area contributed by atoms with Gasteiger partial charge in [0.05, 0.1) is 0 Å². The maximum absolute atomic E-state index is 6.68. The summed E-state index contributed by atoms with van der Waals surface area (Å²) in [5.41, 5.74) is 11.9. The molecule has 4 heteroatoms. The van der Waals surface area contributed by atoms with Crippen molar-refractivity contribution in [2.75, 3.05) is 9.80 Å². The predicted molar refractivity (Wildman–Crippen MR) is 241 cm³/mol. The number of benzene rings is 8. The Kier molecular flexibility index (Phi) is 7.32. The number of nitrogens with zero attached hydrogens (tertiary/aromatic N) is 2. The van der Waals surface area contributed by atoms with E-state index < -0.39 is 0 Å². The molecule has 0 radical (unpaired) electrons. The Bertz CT molecular complexity index is 3220. The molecule has 0 N–H and O–H groups in total. The van der Waals surface area contributed by atoms with Gasteiger partial charge in [-0.05, 0) is 136 Å². The summed E-state index contributed by atoms with van der Waals surface area (Å²) in [6.45, 7) is 0. The Morgan fingerprint density at radius 2 is 0.914 bits per heavy atom. The lowest BCUT2D eigenvalue weighted by atomic mass is 9.83. The highest BCUT2D eigenvalue weighted by atomic mass is 16.3. The molecule has 0 saturated heterocycles. The van der Waals surface area contributed by atoms with Crippen LogP contribution in [0.3, 0.4) is 0 Å². The van der Waals surface area contributed by atoms with Crippen LogP contribution in [0.1, 0.15) is 11.3 Å². The molecule has 0 saturated carbocycles. The number of hydrogen-bond acceptors (Lipinski definition) is 4. The molecule has 274 valence electrons. The van der Waals surface area contributed by atoms with E-state index in [4.69, 9.17) is 8.83 Å². The summed E-state index contributed by atoms with van der Waals surface area (Å²) in [4.78, 5) is 4.63. The van der Waals surface area contributed by atoms with Crippen LogP contribution >= 0.6 is 0 Å². The van der Waals surface area contributed by atoms with E-state index in [1.165, 1.54) is 21.9 Å². The van der Waals surface area contributed by atoms with E-state index in [-0.39, 0.29) is 5.92 Å². The Labute approximate surface area is 335 Å². The molecule has 58 heavy (non-hydrogen) atoms. The highest BCUT2D eigenvalue weighted by Crippen LogP contribution is 2.44. The minimum atomic E-state index is 0.219. The van der Waals surface area contributed by atoms with Gasteiger partial charge in [0, 0.05) is 68.2 Å². The summed E-state index contributed by atoms with van der Waals surface area (Å²) in [6, 6.07) is 62.3. The first-order valence-electron chi connectivity index (χ1n) is 19.9. The van der Waals surface area contributed by atoms with Gasteiger partial charge in [-0.2, -0.15) is 0 Å². The summed E-state index contributed by atoms with van der Waals surface area (Å²) in [5, 5.41) is 7.97. The number of allylic oxidation sites excluding steroid dienone is 4. The van der Waals surface area contributed by atoms with E-state index in [2.05, 4.69) is 210 Å². The topological polar surface area (TPSA) is 32.8 Å². The minimum absolute atomic E-state index is 0.219. The van der Waals surface area contributed by atoms with Crippen molar-refractivity contribution in [1.82, 2.24) is 0 Å². The van der Waals surface area contributed by atoms with Gasteiger partial charge in [-0.1, -0.05) is 91.0 Å². The van der Waals surface area contributed by atoms with Crippen molar-refractivity contribution in [1.29, 1.82) is 0 Å². The molecule has 2 aromatic heterocycles. The van der Waals surface area contributed by atoms with Gasteiger partial charge in [0.25, 0.3) is 0 Å². The second-order valence-electron chi connectivity index (χ2n) is 15.4. The third kappa shape index (κ3) is 5.37. The zero-order valence-corrected chi connectivity index (χ0v) is 31.5. The Morgan fingerprint density at radius 3 is 1.52 bits per heavy atom. The number of hydrogen-bond donors (Lipinski definition) is 0. The van der Waals surface area contributed by atoms with E-state index in [1.54, 1.807) is 0 Å². The largest absolute Gasteiger partial charge is 0.460 e. The molecule has 8 aromatic carbocycles. The SMILES string of the molecule is C1=CC(N(c2ccccc2)c2ccccc2)=CC2Cc3oc4cc5cc6oc7cc8cc(N(c9ccccc9)c9ccccc9)ccc8cc7c6cc5cc4c3C=C12. The fraction of sp³-hybridized carbons (Fsp3) is 0.0370. The summed E-state index contributed by atoms with van der Waals surface area (Å²) >= 11 is 0. The summed E-state index contributed by atoms with van der Waals surface area (Å²) in [7, 11) is 0. The minimum Gasteiger partial charge on any atom is -0.460 e. The maximum atomic E-state index is 6.68. The second kappa shape index (κ2) is 13.0. The first-order valence-corrected chi connectivity index (χ1v) is 19.9. The molecule has 0 bridgehead atoms. The van der Waals surface area contributed by atoms with Gasteiger partial charge in [-0.25, -0.2) is 0 Å². The maximum Gasteiger partial charge on any atom is 0.136 e. The van der Waals surface area contributed by atoms with Crippen molar-refractivity contribution >= 4 is 89.0 Å². The van der Waals surface area contributed by atoms with Crippen molar-refractivity contribution in [3.05, 3.63) is 217 Å². The Morgan fingerprint density at radius 1 is 0.414 bits per heavy atom. The zero-order chi connectivity index (χ0) is 38.2. The summed E-state index contributed by atoms with van der Waals surface area (Å²) < 4.78 is 13.3. The van der Waals surface area contributed by atoms with Gasteiger partial charge < -0.3 is 18.6 Å². The third-order valence-electron chi connectivity index (χ3n) is 11.8. The first kappa shape index (κ1) is 32.7. The van der Waals surface area contributed by atoms with Gasteiger partial charge in [0.15, 0.2) is 0 Å². The fourth-order valence-corrected chi connectivity index (χ4v) is 9.08. The molecule has 1 unspecified atom stereocenters. The molecule has 2 aliphatic rings. The van der Waals surface area contributed by atoms with Crippen LogP contribution in [0.25, 0.3) is 60.5 Å². The lowest BCUT2D eigenvalue weighted by Crippen LogP contribution is -2.20. The van der Waals surface area contributed by atoms with Gasteiger partial charge in [0.1, 0.15) is 22.5 Å². The first-order chi connectivity index (χ1) is 28.7. The predicted octanol–water partition coefficient (Wildman–Crippen LogP) is 15.0. The van der Waals surface area contributed by atoms with Crippen LogP contribution in [-0.4, -0.2) is 0 Å². The normalized spacial score (nSPS) is 14.8. The monoisotopic (exact) mass is 744 g/mol. The van der Waals surface area contributed by atoms with Crippen molar-refractivity contribution in [3.63, 3.8) is 0 Å². The van der Waals surface area contributed by atoms with E-state index in [9.17, 15) is 0 Å². The van der Waals surface area contributed by atoms with Gasteiger partial charge in [-0.15, -0.1) is 0 Å². The molecule has 2 heterocycles. The molecular weight excluding hydrogens is 709 g/mol. The summed E-state index contributed by atoms with van der Waals surface area (Å²) in [6.07, 6.45) is 10.1. The van der Waals surface area contributed by atoms with Crippen molar-refractivity contribution < 1.29 is 8.83 Å². The zero-order valence-electron chi connectivity index (χ0n) is 31.5.